The second-order valence-electron chi connectivity index (χ2n) is 2.11. The highest BCUT2D eigenvalue weighted by molar-refractivity contribution is 8.00. The Bertz CT molecular complexity index is 281. The van der Waals surface area contributed by atoms with E-state index in [0.717, 1.165) is 0 Å². The van der Waals surface area contributed by atoms with Crippen LogP contribution in [0.3, 0.4) is 0 Å². The Labute approximate surface area is 74.7 Å². The van der Waals surface area contributed by atoms with Gasteiger partial charge in [0.15, 0.2) is 0 Å². The third-order valence-electron chi connectivity index (χ3n) is 1.31. The summed E-state index contributed by atoms with van der Waals surface area (Å²) in [4.78, 5) is 9.59. The fourth-order valence-corrected chi connectivity index (χ4v) is 1.43. The third-order valence-corrected chi connectivity index (χ3v) is 2.12. The van der Waals surface area contributed by atoms with Gasteiger partial charge in [0.1, 0.15) is 6.26 Å². The summed E-state index contributed by atoms with van der Waals surface area (Å²) in [7, 11) is 0. The molecule has 0 radical (unpaired) electrons. The number of rotatable bonds is 1. The summed E-state index contributed by atoms with van der Waals surface area (Å²) in [6.45, 7) is 0. The van der Waals surface area contributed by atoms with Gasteiger partial charge in [-0.05, 0) is 29.5 Å². The summed E-state index contributed by atoms with van der Waals surface area (Å²) >= 11 is 1.53. The SMILES string of the molecule is C1=COOC(N2C=CC=CS2)=C1. The molecule has 2 aliphatic rings. The molecule has 2 heterocycles. The summed E-state index contributed by atoms with van der Waals surface area (Å²) in [5.41, 5.74) is 0. The first-order valence-electron chi connectivity index (χ1n) is 3.46. The van der Waals surface area contributed by atoms with E-state index in [1.54, 1.807) is 6.08 Å². The third kappa shape index (κ3) is 1.48. The van der Waals surface area contributed by atoms with Gasteiger partial charge in [-0.2, -0.15) is 0 Å². The van der Waals surface area contributed by atoms with E-state index in [4.69, 9.17) is 4.89 Å². The largest absolute Gasteiger partial charge is 0.296 e. The fourth-order valence-electron chi connectivity index (χ4n) is 0.803. The van der Waals surface area contributed by atoms with Crippen LogP contribution in [0.5, 0.6) is 0 Å². The van der Waals surface area contributed by atoms with Gasteiger partial charge in [-0.3, -0.25) is 14.1 Å². The zero-order valence-electron chi connectivity index (χ0n) is 6.21. The molecule has 0 atom stereocenters. The van der Waals surface area contributed by atoms with Gasteiger partial charge in [-0.25, -0.2) is 0 Å². The first-order chi connectivity index (χ1) is 5.97. The number of hydrogen-bond acceptors (Lipinski definition) is 4. The molecule has 0 unspecified atom stereocenters. The van der Waals surface area contributed by atoms with Crippen LogP contribution < -0.4 is 0 Å². The predicted molar refractivity (Wildman–Crippen MR) is 47.1 cm³/mol. The summed E-state index contributed by atoms with van der Waals surface area (Å²) in [5.74, 6) is 0.670. The Morgan fingerprint density at radius 2 is 2.25 bits per heavy atom. The van der Waals surface area contributed by atoms with Crippen molar-refractivity contribution in [2.75, 3.05) is 0 Å². The predicted octanol–water partition coefficient (Wildman–Crippen LogP) is 2.29. The monoisotopic (exact) mass is 181 g/mol. The lowest BCUT2D eigenvalue weighted by Gasteiger charge is -2.20. The van der Waals surface area contributed by atoms with Crippen LogP contribution >= 0.6 is 11.9 Å². The van der Waals surface area contributed by atoms with Crippen molar-refractivity contribution in [3.63, 3.8) is 0 Å². The van der Waals surface area contributed by atoms with Gasteiger partial charge in [0.25, 0.3) is 5.88 Å². The lowest BCUT2D eigenvalue weighted by molar-refractivity contribution is -0.225. The molecule has 0 aromatic rings. The first-order valence-corrected chi connectivity index (χ1v) is 4.30. The number of nitrogens with zero attached hydrogens (tertiary/aromatic N) is 1. The fraction of sp³-hybridized carbons (Fsp3) is 0. The van der Waals surface area contributed by atoms with Crippen LogP contribution in [0.2, 0.25) is 0 Å². The van der Waals surface area contributed by atoms with Crippen LogP contribution in [0.4, 0.5) is 0 Å². The van der Waals surface area contributed by atoms with Gasteiger partial charge >= 0.3 is 0 Å². The molecular weight excluding hydrogens is 174 g/mol. The summed E-state index contributed by atoms with van der Waals surface area (Å²) in [6.07, 6.45) is 10.9. The minimum Gasteiger partial charge on any atom is -0.296 e. The Hall–Kier alpha value is -1.29. The maximum Gasteiger partial charge on any atom is 0.260 e. The van der Waals surface area contributed by atoms with E-state index >= 15 is 0 Å². The molecule has 0 aromatic heterocycles. The van der Waals surface area contributed by atoms with Gasteiger partial charge < -0.3 is 0 Å². The molecule has 0 aliphatic carbocycles. The molecule has 2 rings (SSSR count). The van der Waals surface area contributed by atoms with Gasteiger partial charge in [0.05, 0.1) is 0 Å². The second kappa shape index (κ2) is 3.40. The topological polar surface area (TPSA) is 21.7 Å². The normalized spacial score (nSPS) is 20.0. The second-order valence-corrected chi connectivity index (χ2v) is 2.99. The Kier molecular flexibility index (Phi) is 2.09. The van der Waals surface area contributed by atoms with Crippen molar-refractivity contribution in [2.45, 2.75) is 0 Å². The van der Waals surface area contributed by atoms with Gasteiger partial charge in [-0.15, -0.1) is 0 Å². The van der Waals surface area contributed by atoms with Crippen molar-refractivity contribution >= 4 is 11.9 Å². The summed E-state index contributed by atoms with van der Waals surface area (Å²) < 4.78 is 1.86. The van der Waals surface area contributed by atoms with Crippen molar-refractivity contribution in [2.24, 2.45) is 0 Å². The average Bonchev–Trinajstić information content (AvgIpc) is 2.21. The van der Waals surface area contributed by atoms with E-state index in [0.29, 0.717) is 5.88 Å². The van der Waals surface area contributed by atoms with Crippen molar-refractivity contribution in [1.29, 1.82) is 0 Å². The maximum atomic E-state index is 4.91. The Balaban J connectivity index is 2.09. The molecule has 62 valence electrons. The molecule has 0 spiro atoms. The number of allylic oxidation sites excluding steroid dienone is 4. The highest BCUT2D eigenvalue weighted by atomic mass is 32.2. The molecule has 0 saturated heterocycles. The Morgan fingerprint density at radius 1 is 1.25 bits per heavy atom. The van der Waals surface area contributed by atoms with E-state index in [-0.39, 0.29) is 0 Å². The molecule has 4 heteroatoms. The van der Waals surface area contributed by atoms with Crippen LogP contribution in [0, 0.1) is 0 Å². The zero-order chi connectivity index (χ0) is 8.23. The van der Waals surface area contributed by atoms with Crippen LogP contribution in [0.25, 0.3) is 0 Å². The number of hydrogen-bond donors (Lipinski definition) is 0. The molecule has 2 aliphatic heterocycles. The molecule has 3 nitrogen and oxygen atoms in total. The van der Waals surface area contributed by atoms with E-state index in [1.807, 2.05) is 34.1 Å². The molecular formula is C8H7NO2S. The van der Waals surface area contributed by atoms with Crippen molar-refractivity contribution < 1.29 is 9.78 Å². The molecule has 0 amide bonds. The molecule has 0 fully saturated rings. The first kappa shape index (κ1) is 7.36. The van der Waals surface area contributed by atoms with E-state index in [9.17, 15) is 0 Å². The van der Waals surface area contributed by atoms with Crippen molar-refractivity contribution in [3.8, 4) is 0 Å². The molecule has 0 saturated carbocycles. The lowest BCUT2D eigenvalue weighted by atomic mass is 10.5. The van der Waals surface area contributed by atoms with Crippen LogP contribution in [-0.4, -0.2) is 4.31 Å². The summed E-state index contributed by atoms with van der Waals surface area (Å²) in [5, 5.41) is 1.96. The molecule has 0 aromatic carbocycles. The van der Waals surface area contributed by atoms with Crippen molar-refractivity contribution in [1.82, 2.24) is 4.31 Å². The van der Waals surface area contributed by atoms with Crippen LogP contribution in [-0.2, 0) is 9.78 Å². The van der Waals surface area contributed by atoms with E-state index in [2.05, 4.69) is 4.89 Å². The van der Waals surface area contributed by atoms with Crippen molar-refractivity contribution in [3.05, 3.63) is 48.1 Å². The lowest BCUT2D eigenvalue weighted by Crippen LogP contribution is -2.11. The van der Waals surface area contributed by atoms with Crippen LogP contribution in [0.15, 0.2) is 48.1 Å². The summed E-state index contributed by atoms with van der Waals surface area (Å²) in [6, 6.07) is 0. The van der Waals surface area contributed by atoms with Crippen LogP contribution in [0.1, 0.15) is 0 Å². The van der Waals surface area contributed by atoms with E-state index < -0.39 is 0 Å². The van der Waals surface area contributed by atoms with E-state index in [1.165, 1.54) is 18.2 Å². The minimum atomic E-state index is 0.670. The zero-order valence-corrected chi connectivity index (χ0v) is 7.03. The standard InChI is InChI=1S/C8H7NO2S/c1-2-7-12-9(5-1)8-4-3-6-10-11-8/h1-7H. The average molecular weight is 181 g/mol. The molecule has 0 N–H and O–H groups in total. The minimum absolute atomic E-state index is 0.670. The Morgan fingerprint density at radius 3 is 2.92 bits per heavy atom. The van der Waals surface area contributed by atoms with Gasteiger partial charge in [-0.1, -0.05) is 6.08 Å². The van der Waals surface area contributed by atoms with Gasteiger partial charge in [0, 0.05) is 12.3 Å². The smallest absolute Gasteiger partial charge is 0.260 e. The highest BCUT2D eigenvalue weighted by Crippen LogP contribution is 2.24. The highest BCUT2D eigenvalue weighted by Gasteiger charge is 2.11. The molecule has 0 bridgehead atoms. The maximum absolute atomic E-state index is 4.91. The van der Waals surface area contributed by atoms with Gasteiger partial charge in [0.2, 0.25) is 0 Å². The quantitative estimate of drug-likeness (QED) is 0.457. The molecule has 12 heavy (non-hydrogen) atoms.